The first-order valence-corrected chi connectivity index (χ1v) is 6.49. The molecule has 0 saturated carbocycles. The van der Waals surface area contributed by atoms with Gasteiger partial charge < -0.3 is 0 Å². The number of hydrogen-bond donors (Lipinski definition) is 0. The van der Waals surface area contributed by atoms with E-state index < -0.39 is 0 Å². The SMILES string of the molecule is O=C(N=C1N=C2C=CC=CC2S1)c1ccccc1. The van der Waals surface area contributed by atoms with Crippen LogP contribution in [0.5, 0.6) is 0 Å². The number of amidine groups is 1. The fraction of sp³-hybridized carbons (Fsp3) is 0.0714. The van der Waals surface area contributed by atoms with E-state index in [4.69, 9.17) is 0 Å². The molecule has 4 heteroatoms. The molecule has 2 aliphatic rings. The number of carbonyl (C=O) groups excluding carboxylic acids is 1. The Morgan fingerprint density at radius 2 is 2.06 bits per heavy atom. The highest BCUT2D eigenvalue weighted by Gasteiger charge is 2.24. The molecule has 3 rings (SSSR count). The first-order valence-electron chi connectivity index (χ1n) is 5.61. The molecule has 0 fully saturated rings. The lowest BCUT2D eigenvalue weighted by Crippen LogP contribution is -2.08. The number of fused-ring (bicyclic) bond motifs is 1. The van der Waals surface area contributed by atoms with Gasteiger partial charge in [-0.15, -0.1) is 0 Å². The van der Waals surface area contributed by atoms with Gasteiger partial charge in [0.05, 0.1) is 11.0 Å². The van der Waals surface area contributed by atoms with Crippen molar-refractivity contribution in [2.45, 2.75) is 5.25 Å². The number of carbonyl (C=O) groups is 1. The molecule has 1 aliphatic heterocycles. The van der Waals surface area contributed by atoms with E-state index in [1.165, 1.54) is 11.8 Å². The summed E-state index contributed by atoms with van der Waals surface area (Å²) in [6, 6.07) is 9.04. The van der Waals surface area contributed by atoms with Gasteiger partial charge in [0.2, 0.25) is 0 Å². The summed E-state index contributed by atoms with van der Waals surface area (Å²) in [5, 5.41) is 0.748. The molecule has 1 amide bonds. The van der Waals surface area contributed by atoms with Gasteiger partial charge in [-0.1, -0.05) is 48.2 Å². The van der Waals surface area contributed by atoms with Gasteiger partial charge in [0.25, 0.3) is 5.91 Å². The van der Waals surface area contributed by atoms with E-state index in [9.17, 15) is 4.79 Å². The van der Waals surface area contributed by atoms with Crippen LogP contribution in [-0.2, 0) is 0 Å². The summed E-state index contributed by atoms with van der Waals surface area (Å²) in [5.74, 6) is -0.242. The van der Waals surface area contributed by atoms with Crippen molar-refractivity contribution in [2.24, 2.45) is 9.98 Å². The highest BCUT2D eigenvalue weighted by Crippen LogP contribution is 2.27. The van der Waals surface area contributed by atoms with Crippen molar-refractivity contribution < 1.29 is 4.79 Å². The van der Waals surface area contributed by atoms with Crippen LogP contribution in [0.15, 0.2) is 64.6 Å². The largest absolute Gasteiger partial charge is 0.279 e. The Morgan fingerprint density at radius 3 is 2.83 bits per heavy atom. The molecule has 3 nitrogen and oxygen atoms in total. The molecule has 1 aliphatic carbocycles. The second-order valence-corrected chi connectivity index (χ2v) is 4.99. The fourth-order valence-corrected chi connectivity index (χ4v) is 2.69. The van der Waals surface area contributed by atoms with Gasteiger partial charge in [-0.3, -0.25) is 4.79 Å². The Kier molecular flexibility index (Phi) is 2.94. The van der Waals surface area contributed by atoms with Crippen LogP contribution in [0.1, 0.15) is 10.4 Å². The minimum absolute atomic E-state index is 0.206. The number of aliphatic imine (C=N–C) groups is 2. The van der Waals surface area contributed by atoms with Gasteiger partial charge >= 0.3 is 0 Å². The number of thioether (sulfide) groups is 1. The zero-order chi connectivity index (χ0) is 12.4. The summed E-state index contributed by atoms with van der Waals surface area (Å²) >= 11 is 1.50. The second-order valence-electron chi connectivity index (χ2n) is 3.88. The van der Waals surface area contributed by atoms with Crippen molar-refractivity contribution in [1.29, 1.82) is 0 Å². The standard InChI is InChI=1S/C14H10N2OS/c17-13(10-6-2-1-3-7-10)16-14-15-11-8-4-5-9-12(11)18-14/h1-9,12H. The molecule has 1 aromatic rings. The van der Waals surface area contributed by atoms with Gasteiger partial charge in [-0.2, -0.15) is 4.99 Å². The summed E-state index contributed by atoms with van der Waals surface area (Å²) in [5.41, 5.74) is 1.55. The number of amides is 1. The normalized spacial score (nSPS) is 23.0. The molecule has 0 aromatic heterocycles. The fourth-order valence-electron chi connectivity index (χ4n) is 1.75. The third-order valence-electron chi connectivity index (χ3n) is 2.63. The Morgan fingerprint density at radius 1 is 1.22 bits per heavy atom. The van der Waals surface area contributed by atoms with Gasteiger partial charge in [-0.05, 0) is 18.2 Å². The number of benzene rings is 1. The van der Waals surface area contributed by atoms with Crippen LogP contribution in [0.3, 0.4) is 0 Å². The maximum atomic E-state index is 11.9. The quantitative estimate of drug-likeness (QED) is 0.773. The van der Waals surface area contributed by atoms with E-state index in [2.05, 4.69) is 16.1 Å². The van der Waals surface area contributed by atoms with E-state index >= 15 is 0 Å². The Bertz CT molecular complexity index is 599. The van der Waals surface area contributed by atoms with Crippen LogP contribution in [0.4, 0.5) is 0 Å². The average Bonchev–Trinajstić information content (AvgIpc) is 2.82. The monoisotopic (exact) mass is 254 g/mol. The average molecular weight is 254 g/mol. The molecule has 88 valence electrons. The predicted molar refractivity (Wildman–Crippen MR) is 75.3 cm³/mol. The molecule has 18 heavy (non-hydrogen) atoms. The first-order chi connectivity index (χ1) is 8.83. The third kappa shape index (κ3) is 2.19. The number of rotatable bonds is 1. The van der Waals surface area contributed by atoms with E-state index in [0.717, 1.165) is 5.71 Å². The lowest BCUT2D eigenvalue weighted by atomic mass is 10.1. The molecular weight excluding hydrogens is 244 g/mol. The van der Waals surface area contributed by atoms with E-state index in [-0.39, 0.29) is 11.2 Å². The number of allylic oxidation sites excluding steroid dienone is 3. The maximum Gasteiger partial charge on any atom is 0.279 e. The lowest BCUT2D eigenvalue weighted by molar-refractivity contribution is 0.100. The van der Waals surface area contributed by atoms with Crippen molar-refractivity contribution in [3.05, 3.63) is 60.2 Å². The lowest BCUT2D eigenvalue weighted by Gasteiger charge is -2.04. The molecule has 0 saturated heterocycles. The Balaban J connectivity index is 1.83. The van der Waals surface area contributed by atoms with Gasteiger partial charge in [-0.25, -0.2) is 4.99 Å². The van der Waals surface area contributed by atoms with E-state index in [1.54, 1.807) is 12.1 Å². The van der Waals surface area contributed by atoms with E-state index in [0.29, 0.717) is 10.7 Å². The Hall–Kier alpha value is -1.94. The van der Waals surface area contributed by atoms with Crippen molar-refractivity contribution in [3.8, 4) is 0 Å². The van der Waals surface area contributed by atoms with Crippen LogP contribution < -0.4 is 0 Å². The van der Waals surface area contributed by atoms with Crippen molar-refractivity contribution in [1.82, 2.24) is 0 Å². The second kappa shape index (κ2) is 4.74. The van der Waals surface area contributed by atoms with Crippen LogP contribution in [0.25, 0.3) is 0 Å². The van der Waals surface area contributed by atoms with Crippen LogP contribution in [-0.4, -0.2) is 22.0 Å². The van der Waals surface area contributed by atoms with Crippen molar-refractivity contribution in [2.75, 3.05) is 0 Å². The molecule has 0 spiro atoms. The van der Waals surface area contributed by atoms with Crippen LogP contribution >= 0.6 is 11.8 Å². The number of hydrogen-bond acceptors (Lipinski definition) is 2. The molecule has 1 aromatic carbocycles. The molecule has 0 N–H and O–H groups in total. The van der Waals surface area contributed by atoms with Crippen molar-refractivity contribution in [3.63, 3.8) is 0 Å². The summed E-state index contributed by atoms with van der Waals surface area (Å²) < 4.78 is 0. The van der Waals surface area contributed by atoms with Gasteiger partial charge in [0, 0.05) is 5.56 Å². The summed E-state index contributed by atoms with van der Waals surface area (Å²) in [6.07, 6.45) is 7.93. The first kappa shape index (κ1) is 11.2. The van der Waals surface area contributed by atoms with E-state index in [1.807, 2.05) is 36.4 Å². The third-order valence-corrected chi connectivity index (χ3v) is 3.68. The molecule has 0 bridgehead atoms. The Labute approximate surface area is 109 Å². The highest BCUT2D eigenvalue weighted by atomic mass is 32.2. The maximum absolute atomic E-state index is 11.9. The van der Waals surface area contributed by atoms with Crippen molar-refractivity contribution >= 4 is 28.5 Å². The minimum Gasteiger partial charge on any atom is -0.267 e. The van der Waals surface area contributed by atoms with Crippen LogP contribution in [0.2, 0.25) is 0 Å². The van der Waals surface area contributed by atoms with Crippen LogP contribution in [0, 0.1) is 0 Å². The molecule has 1 heterocycles. The molecule has 1 atom stereocenters. The smallest absolute Gasteiger partial charge is 0.267 e. The molecular formula is C14H10N2OS. The van der Waals surface area contributed by atoms with Gasteiger partial charge in [0.15, 0.2) is 5.17 Å². The molecule has 1 unspecified atom stereocenters. The zero-order valence-corrected chi connectivity index (χ0v) is 10.3. The van der Waals surface area contributed by atoms with Gasteiger partial charge in [0.1, 0.15) is 0 Å². The number of nitrogens with zero attached hydrogens (tertiary/aromatic N) is 2. The summed E-state index contributed by atoms with van der Waals surface area (Å²) in [7, 11) is 0. The summed E-state index contributed by atoms with van der Waals surface area (Å²) in [6.45, 7) is 0. The zero-order valence-electron chi connectivity index (χ0n) is 9.48. The summed E-state index contributed by atoms with van der Waals surface area (Å²) in [4.78, 5) is 20.3. The minimum atomic E-state index is -0.242. The topological polar surface area (TPSA) is 41.8 Å². The highest BCUT2D eigenvalue weighted by molar-refractivity contribution is 8.15. The predicted octanol–water partition coefficient (Wildman–Crippen LogP) is 2.87. The molecule has 0 radical (unpaired) electrons.